The quantitative estimate of drug-likeness (QED) is 0.441. The van der Waals surface area contributed by atoms with Crippen molar-refractivity contribution in [1.29, 1.82) is 0 Å². The number of fused-ring (bicyclic) bond motifs is 1. The number of anilines is 2. The minimum atomic E-state index is -0.181. The molecule has 0 aliphatic rings. The Hall–Kier alpha value is -3.58. The number of hydrogen-bond donors (Lipinski definition) is 2. The number of carbonyl (C=O) groups is 2. The average molecular weight is 417 g/mol. The summed E-state index contributed by atoms with van der Waals surface area (Å²) in [6.45, 7) is 1.45. The molecule has 2 aromatic heterocycles. The van der Waals surface area contributed by atoms with Crippen molar-refractivity contribution in [1.82, 2.24) is 9.38 Å². The molecule has 0 saturated carbocycles. The first-order valence-electron chi connectivity index (χ1n) is 9.41. The van der Waals surface area contributed by atoms with Crippen molar-refractivity contribution >= 4 is 40.6 Å². The van der Waals surface area contributed by atoms with E-state index < -0.39 is 0 Å². The zero-order chi connectivity index (χ0) is 20.9. The van der Waals surface area contributed by atoms with Crippen LogP contribution in [0.3, 0.4) is 0 Å². The maximum absolute atomic E-state index is 12.5. The molecule has 0 bridgehead atoms. The second-order valence-corrected chi connectivity index (χ2v) is 7.77. The third-order valence-corrected chi connectivity index (χ3v) is 5.43. The lowest BCUT2D eigenvalue weighted by Gasteiger charge is -2.08. The number of carbonyl (C=O) groups excluding carboxylic acids is 2. The zero-order valence-corrected chi connectivity index (χ0v) is 17.1. The van der Waals surface area contributed by atoms with Crippen molar-refractivity contribution < 1.29 is 9.59 Å². The molecule has 7 heteroatoms. The third kappa shape index (κ3) is 4.87. The Bertz CT molecular complexity index is 1150. The van der Waals surface area contributed by atoms with Crippen molar-refractivity contribution in [3.05, 3.63) is 90.4 Å². The summed E-state index contributed by atoms with van der Waals surface area (Å²) >= 11 is 1.68. The van der Waals surface area contributed by atoms with Crippen LogP contribution in [0.5, 0.6) is 0 Å². The molecule has 0 saturated heterocycles. The molecule has 0 spiro atoms. The summed E-state index contributed by atoms with van der Waals surface area (Å²) in [4.78, 5) is 29.2. The number of hydrogen-bond acceptors (Lipinski definition) is 4. The average Bonchev–Trinajstić information content (AvgIpc) is 3.17. The normalized spacial score (nSPS) is 10.7. The Balaban J connectivity index is 1.34. The molecule has 0 aliphatic carbocycles. The van der Waals surface area contributed by atoms with Gasteiger partial charge in [-0.1, -0.05) is 6.07 Å². The van der Waals surface area contributed by atoms with Crippen molar-refractivity contribution in [2.45, 2.75) is 17.6 Å². The lowest BCUT2D eigenvalue weighted by Crippen LogP contribution is -2.12. The number of nitrogens with one attached hydrogen (secondary N) is 2. The first-order chi connectivity index (χ1) is 14.6. The molecular formula is C23H20N4O2S. The summed E-state index contributed by atoms with van der Waals surface area (Å²) < 4.78 is 2.01. The van der Waals surface area contributed by atoms with E-state index in [1.165, 1.54) is 6.92 Å². The highest BCUT2D eigenvalue weighted by Crippen LogP contribution is 2.23. The fraction of sp³-hybridized carbons (Fsp3) is 0.0870. The second-order valence-electron chi connectivity index (χ2n) is 6.72. The maximum atomic E-state index is 12.5. The summed E-state index contributed by atoms with van der Waals surface area (Å²) in [5.41, 5.74) is 3.88. The topological polar surface area (TPSA) is 75.5 Å². The Morgan fingerprint density at radius 2 is 1.63 bits per heavy atom. The first-order valence-corrected chi connectivity index (χ1v) is 10.4. The van der Waals surface area contributed by atoms with Gasteiger partial charge in [-0.2, -0.15) is 0 Å². The van der Waals surface area contributed by atoms with E-state index in [9.17, 15) is 9.59 Å². The molecule has 0 unspecified atom stereocenters. The van der Waals surface area contributed by atoms with Crippen LogP contribution in [-0.2, 0) is 10.5 Å². The van der Waals surface area contributed by atoms with Gasteiger partial charge in [0.1, 0.15) is 5.65 Å². The van der Waals surface area contributed by atoms with Gasteiger partial charge in [0.15, 0.2) is 0 Å². The van der Waals surface area contributed by atoms with Gasteiger partial charge in [-0.05, 0) is 60.7 Å². The number of benzene rings is 2. The van der Waals surface area contributed by atoms with Crippen molar-refractivity contribution in [3.63, 3.8) is 0 Å². The maximum Gasteiger partial charge on any atom is 0.255 e. The Morgan fingerprint density at radius 3 is 2.30 bits per heavy atom. The molecule has 6 nitrogen and oxygen atoms in total. The lowest BCUT2D eigenvalue weighted by atomic mass is 10.2. The fourth-order valence-electron chi connectivity index (χ4n) is 2.96. The monoisotopic (exact) mass is 416 g/mol. The minimum Gasteiger partial charge on any atom is -0.326 e. The molecule has 30 heavy (non-hydrogen) atoms. The van der Waals surface area contributed by atoms with Crippen LogP contribution in [0, 0.1) is 0 Å². The predicted octanol–water partition coefficient (Wildman–Crippen LogP) is 4.84. The Kier molecular flexibility index (Phi) is 5.81. The highest BCUT2D eigenvalue weighted by Gasteiger charge is 2.07. The highest BCUT2D eigenvalue weighted by atomic mass is 32.2. The summed E-state index contributed by atoms with van der Waals surface area (Å²) in [6, 6.07) is 20.4. The van der Waals surface area contributed by atoms with E-state index in [4.69, 9.17) is 0 Å². The van der Waals surface area contributed by atoms with Crippen LogP contribution in [0.4, 0.5) is 11.4 Å². The van der Waals surface area contributed by atoms with Gasteiger partial charge >= 0.3 is 0 Å². The number of aromatic nitrogens is 2. The van der Waals surface area contributed by atoms with E-state index >= 15 is 0 Å². The van der Waals surface area contributed by atoms with Gasteiger partial charge < -0.3 is 15.0 Å². The van der Waals surface area contributed by atoms with Crippen LogP contribution in [0.25, 0.3) is 5.65 Å². The number of amides is 2. The first kappa shape index (κ1) is 19.7. The largest absolute Gasteiger partial charge is 0.326 e. The second kappa shape index (κ2) is 8.84. The summed E-state index contributed by atoms with van der Waals surface area (Å²) in [5.74, 6) is 0.443. The molecule has 2 heterocycles. The SMILES string of the molecule is CC(=O)Nc1ccc(NC(=O)c2ccc(SCc3cn4ccccc4n3)cc2)cc1. The van der Waals surface area contributed by atoms with E-state index in [1.54, 1.807) is 36.0 Å². The number of rotatable bonds is 6. The number of pyridine rings is 1. The van der Waals surface area contributed by atoms with Crippen molar-refractivity contribution in [2.24, 2.45) is 0 Å². The smallest absolute Gasteiger partial charge is 0.255 e. The van der Waals surface area contributed by atoms with Gasteiger partial charge in [0, 0.05) is 46.9 Å². The van der Waals surface area contributed by atoms with Crippen molar-refractivity contribution in [3.8, 4) is 0 Å². The van der Waals surface area contributed by atoms with Crippen molar-refractivity contribution in [2.75, 3.05) is 10.6 Å². The van der Waals surface area contributed by atoms with Crippen LogP contribution in [0.1, 0.15) is 23.0 Å². The van der Waals surface area contributed by atoms with Crippen LogP contribution in [0.2, 0.25) is 0 Å². The van der Waals surface area contributed by atoms with E-state index in [0.29, 0.717) is 16.9 Å². The molecule has 4 rings (SSSR count). The highest BCUT2D eigenvalue weighted by molar-refractivity contribution is 7.98. The van der Waals surface area contributed by atoms with Gasteiger partial charge in [-0.3, -0.25) is 9.59 Å². The standard InChI is InChI=1S/C23H20N4O2S/c1-16(28)24-18-7-9-19(10-8-18)26-23(29)17-5-11-21(12-6-17)30-15-20-14-27-13-3-2-4-22(27)25-20/h2-14H,15H2,1H3,(H,24,28)(H,26,29). The van der Waals surface area contributed by atoms with Gasteiger partial charge in [0.05, 0.1) is 5.69 Å². The molecule has 0 radical (unpaired) electrons. The summed E-state index contributed by atoms with van der Waals surface area (Å²) in [6.07, 6.45) is 4.01. The zero-order valence-electron chi connectivity index (χ0n) is 16.3. The van der Waals surface area contributed by atoms with E-state index in [1.807, 2.05) is 59.3 Å². The van der Waals surface area contributed by atoms with Crippen LogP contribution < -0.4 is 10.6 Å². The fourth-order valence-corrected chi connectivity index (χ4v) is 3.74. The van der Waals surface area contributed by atoms with E-state index in [2.05, 4.69) is 15.6 Å². The molecule has 0 fully saturated rings. The van der Waals surface area contributed by atoms with Gasteiger partial charge in [-0.15, -0.1) is 11.8 Å². The molecule has 4 aromatic rings. The summed E-state index contributed by atoms with van der Waals surface area (Å²) in [5, 5.41) is 5.55. The van der Waals surface area contributed by atoms with Crippen LogP contribution in [0.15, 0.2) is 84.0 Å². The number of thioether (sulfide) groups is 1. The lowest BCUT2D eigenvalue weighted by molar-refractivity contribution is -0.114. The molecule has 2 amide bonds. The van der Waals surface area contributed by atoms with Gasteiger partial charge in [-0.25, -0.2) is 4.98 Å². The van der Waals surface area contributed by atoms with Crippen LogP contribution >= 0.6 is 11.8 Å². The molecular weight excluding hydrogens is 396 g/mol. The van der Waals surface area contributed by atoms with E-state index in [0.717, 1.165) is 22.0 Å². The molecule has 2 N–H and O–H groups in total. The molecule has 0 aliphatic heterocycles. The van der Waals surface area contributed by atoms with Gasteiger partial charge in [0.25, 0.3) is 5.91 Å². The van der Waals surface area contributed by atoms with Gasteiger partial charge in [0.2, 0.25) is 5.91 Å². The Morgan fingerprint density at radius 1 is 0.933 bits per heavy atom. The third-order valence-electron chi connectivity index (χ3n) is 4.38. The predicted molar refractivity (Wildman–Crippen MR) is 120 cm³/mol. The number of nitrogens with zero attached hydrogens (tertiary/aromatic N) is 2. The van der Waals surface area contributed by atoms with E-state index in [-0.39, 0.29) is 11.8 Å². The Labute approximate surface area is 178 Å². The summed E-state index contributed by atoms with van der Waals surface area (Å²) in [7, 11) is 0. The number of imidazole rings is 1. The molecule has 0 atom stereocenters. The van der Waals surface area contributed by atoms with Crippen LogP contribution in [-0.4, -0.2) is 21.2 Å². The minimum absolute atomic E-state index is 0.133. The molecule has 150 valence electrons. The molecule has 2 aromatic carbocycles.